The second-order valence-electron chi connectivity index (χ2n) is 9.95. The lowest BCUT2D eigenvalue weighted by molar-refractivity contribution is -0.384. The molecule has 14 heteroatoms. The molecule has 0 saturated carbocycles. The van der Waals surface area contributed by atoms with Gasteiger partial charge < -0.3 is 14.6 Å². The number of aromatic nitrogens is 1. The number of anilines is 1. The number of nitro groups is 1. The Bertz CT molecular complexity index is 1620. The van der Waals surface area contributed by atoms with Crippen LogP contribution in [0.4, 0.5) is 11.4 Å². The van der Waals surface area contributed by atoms with Crippen molar-refractivity contribution in [1.82, 2.24) is 9.88 Å². The van der Waals surface area contributed by atoms with Crippen LogP contribution in [-0.4, -0.2) is 57.5 Å². The van der Waals surface area contributed by atoms with E-state index in [9.17, 15) is 29.3 Å². The Morgan fingerprint density at radius 2 is 1.80 bits per heavy atom. The molecule has 0 unspecified atom stereocenters. The molecule has 6 rings (SSSR count). The molecule has 3 atom stereocenters. The van der Waals surface area contributed by atoms with Crippen molar-refractivity contribution in [3.8, 4) is 5.75 Å². The molecule has 212 valence electrons. The lowest BCUT2D eigenvalue weighted by Crippen LogP contribution is -2.38. The number of aromatic amines is 1. The second-order valence-corrected chi connectivity index (χ2v) is 13.0. The quantitative estimate of drug-likeness (QED) is 0.235. The number of halogens is 1. The Kier molecular flexibility index (Phi) is 7.47. The van der Waals surface area contributed by atoms with Gasteiger partial charge in [-0.25, -0.2) is 4.90 Å². The topological polar surface area (TPSA) is 143 Å². The van der Waals surface area contributed by atoms with Crippen LogP contribution >= 0.6 is 39.0 Å². The number of benzene rings is 2. The summed E-state index contributed by atoms with van der Waals surface area (Å²) in [6.07, 6.45) is 3.00. The van der Waals surface area contributed by atoms with Crippen LogP contribution in [0.2, 0.25) is 0 Å². The smallest absolute Gasteiger partial charge is 0.305 e. The van der Waals surface area contributed by atoms with Crippen LogP contribution in [-0.2, 0) is 14.4 Å². The normalized spacial score (nSPS) is 21.9. The summed E-state index contributed by atoms with van der Waals surface area (Å²) in [5.74, 6) is -2.28. The number of piperidine rings is 1. The van der Waals surface area contributed by atoms with Crippen molar-refractivity contribution in [2.75, 3.05) is 24.6 Å². The van der Waals surface area contributed by atoms with Gasteiger partial charge in [-0.1, -0.05) is 39.0 Å². The van der Waals surface area contributed by atoms with Gasteiger partial charge in [0.1, 0.15) is 11.0 Å². The maximum absolute atomic E-state index is 14.0. The second kappa shape index (κ2) is 11.1. The fourth-order valence-electron chi connectivity index (χ4n) is 5.60. The molecule has 2 aromatic carbocycles. The SMILES string of the molecule is O=C(COc1ccc(Br)cc1[C@@H]1c2sc(=O)[nH]c2S[C@H]2C(=O)N(c3ccc([N+](=O)[O-])cc3)C(=O)[C@@H]12)N1CCCCC1. The lowest BCUT2D eigenvalue weighted by Gasteiger charge is -2.31. The number of rotatable bonds is 6. The number of hydrogen-bond acceptors (Lipinski definition) is 9. The van der Waals surface area contributed by atoms with E-state index in [1.807, 2.05) is 0 Å². The number of imide groups is 1. The molecule has 41 heavy (non-hydrogen) atoms. The van der Waals surface area contributed by atoms with Crippen molar-refractivity contribution in [2.24, 2.45) is 5.92 Å². The summed E-state index contributed by atoms with van der Waals surface area (Å²) in [6.45, 7) is 1.20. The van der Waals surface area contributed by atoms with Crippen LogP contribution in [0.25, 0.3) is 0 Å². The first-order chi connectivity index (χ1) is 19.7. The number of nitrogens with one attached hydrogen (secondary N) is 1. The molecule has 3 aromatic rings. The van der Waals surface area contributed by atoms with Crippen molar-refractivity contribution >= 4 is 68.1 Å². The molecule has 11 nitrogen and oxygen atoms in total. The summed E-state index contributed by atoms with van der Waals surface area (Å²) in [5, 5.41) is 10.8. The van der Waals surface area contributed by atoms with Crippen LogP contribution in [0, 0.1) is 16.0 Å². The number of likely N-dealkylation sites (tertiary alicyclic amines) is 1. The summed E-state index contributed by atoms with van der Waals surface area (Å²) < 4.78 is 6.76. The first-order valence-electron chi connectivity index (χ1n) is 12.9. The number of carbonyl (C=O) groups excluding carboxylic acids is 3. The number of ether oxygens (including phenoxy) is 1. The number of H-pyrrole nitrogens is 1. The van der Waals surface area contributed by atoms with Gasteiger partial charge in [0.15, 0.2) is 6.61 Å². The standard InChI is InChI=1S/C27H23BrN4O7S2/c28-14-4-9-18(39-13-19(33)30-10-2-1-3-11-30)17(12-14)20-21-23(40-24-22(20)41-27(36)29-24)26(35)31(25(21)34)15-5-7-16(8-6-15)32(37)38/h4-9,12,20-21,23H,1-3,10-11,13H2,(H,29,36)/t20-,21-,23+/m0/s1. The molecule has 0 spiro atoms. The molecule has 0 bridgehead atoms. The minimum atomic E-state index is -0.879. The van der Waals surface area contributed by atoms with Gasteiger partial charge >= 0.3 is 4.87 Å². The van der Waals surface area contributed by atoms with Crippen molar-refractivity contribution in [3.05, 3.63) is 77.2 Å². The number of amides is 3. The number of nitrogens with zero attached hydrogens (tertiary/aromatic N) is 3. The van der Waals surface area contributed by atoms with Crippen LogP contribution in [0.5, 0.6) is 5.75 Å². The first kappa shape index (κ1) is 27.7. The van der Waals surface area contributed by atoms with E-state index in [-0.39, 0.29) is 28.8 Å². The predicted octanol–water partition coefficient (Wildman–Crippen LogP) is 4.29. The summed E-state index contributed by atoms with van der Waals surface area (Å²) in [5.41, 5.74) is 0.644. The average Bonchev–Trinajstić information content (AvgIpc) is 3.46. The Balaban J connectivity index is 1.38. The number of nitro benzene ring substituents is 1. The van der Waals surface area contributed by atoms with E-state index in [2.05, 4.69) is 20.9 Å². The van der Waals surface area contributed by atoms with E-state index in [0.717, 1.165) is 47.3 Å². The van der Waals surface area contributed by atoms with Gasteiger partial charge in [-0.2, -0.15) is 0 Å². The minimum Gasteiger partial charge on any atom is -0.483 e. The number of fused-ring (bicyclic) bond motifs is 2. The average molecular weight is 660 g/mol. The van der Waals surface area contributed by atoms with Gasteiger partial charge in [0.25, 0.3) is 11.6 Å². The van der Waals surface area contributed by atoms with Crippen molar-refractivity contribution < 1.29 is 24.0 Å². The Hall–Kier alpha value is -3.49. The third kappa shape index (κ3) is 5.08. The minimum absolute atomic E-state index is 0.126. The van der Waals surface area contributed by atoms with E-state index >= 15 is 0 Å². The first-order valence-corrected chi connectivity index (χ1v) is 15.4. The number of non-ortho nitro benzene ring substituents is 1. The highest BCUT2D eigenvalue weighted by Crippen LogP contribution is 2.54. The molecule has 3 aliphatic heterocycles. The van der Waals surface area contributed by atoms with Gasteiger partial charge in [0.05, 0.1) is 21.6 Å². The molecular formula is C27H23BrN4O7S2. The molecule has 3 aliphatic rings. The van der Waals surface area contributed by atoms with Gasteiger partial charge in [-0.15, -0.1) is 0 Å². The van der Waals surface area contributed by atoms with Crippen molar-refractivity contribution in [3.63, 3.8) is 0 Å². The maximum Gasteiger partial charge on any atom is 0.305 e. The fourth-order valence-corrected chi connectivity index (χ4v) is 8.48. The van der Waals surface area contributed by atoms with E-state index in [4.69, 9.17) is 4.74 Å². The molecule has 2 fully saturated rings. The zero-order chi connectivity index (χ0) is 28.8. The van der Waals surface area contributed by atoms with Crippen molar-refractivity contribution in [1.29, 1.82) is 0 Å². The summed E-state index contributed by atoms with van der Waals surface area (Å²) >= 11 is 5.61. The predicted molar refractivity (Wildman–Crippen MR) is 156 cm³/mol. The van der Waals surface area contributed by atoms with E-state index in [1.54, 1.807) is 23.1 Å². The molecule has 0 aliphatic carbocycles. The Morgan fingerprint density at radius 1 is 1.07 bits per heavy atom. The highest BCUT2D eigenvalue weighted by molar-refractivity contribution is 9.10. The highest BCUT2D eigenvalue weighted by atomic mass is 79.9. The molecule has 0 radical (unpaired) electrons. The Morgan fingerprint density at radius 3 is 2.51 bits per heavy atom. The zero-order valence-electron chi connectivity index (χ0n) is 21.4. The van der Waals surface area contributed by atoms with Gasteiger partial charge in [0, 0.05) is 46.1 Å². The number of thioether (sulfide) groups is 1. The summed E-state index contributed by atoms with van der Waals surface area (Å²) in [6, 6.07) is 10.5. The fraction of sp³-hybridized carbons (Fsp3) is 0.333. The zero-order valence-corrected chi connectivity index (χ0v) is 24.6. The van der Waals surface area contributed by atoms with Crippen LogP contribution < -0.4 is 14.5 Å². The van der Waals surface area contributed by atoms with Gasteiger partial charge in [-0.3, -0.25) is 29.3 Å². The van der Waals surface area contributed by atoms with E-state index < -0.39 is 33.8 Å². The van der Waals surface area contributed by atoms with E-state index in [0.29, 0.717) is 38.8 Å². The summed E-state index contributed by atoms with van der Waals surface area (Å²) in [7, 11) is 0. The van der Waals surface area contributed by atoms with Gasteiger partial charge in [-0.05, 0) is 49.6 Å². The molecule has 3 amide bonds. The third-order valence-corrected chi connectivity index (χ3v) is 10.4. The monoisotopic (exact) mass is 658 g/mol. The molecule has 2 saturated heterocycles. The number of hydrogen-bond donors (Lipinski definition) is 1. The molecule has 4 heterocycles. The molecular weight excluding hydrogens is 636 g/mol. The van der Waals surface area contributed by atoms with Crippen LogP contribution in [0.15, 0.2) is 56.8 Å². The number of thiazole rings is 1. The molecule has 1 N–H and O–H groups in total. The maximum atomic E-state index is 14.0. The summed E-state index contributed by atoms with van der Waals surface area (Å²) in [4.78, 5) is 69.5. The largest absolute Gasteiger partial charge is 0.483 e. The number of carbonyl (C=O) groups is 3. The Labute approximate surface area is 250 Å². The van der Waals surface area contributed by atoms with E-state index in [1.165, 1.54) is 24.3 Å². The lowest BCUT2D eigenvalue weighted by atomic mass is 9.82. The molecule has 1 aromatic heterocycles. The highest BCUT2D eigenvalue weighted by Gasteiger charge is 2.57. The third-order valence-electron chi connectivity index (χ3n) is 7.51. The van der Waals surface area contributed by atoms with Crippen molar-refractivity contribution in [2.45, 2.75) is 35.5 Å². The van der Waals surface area contributed by atoms with Crippen LogP contribution in [0.3, 0.4) is 0 Å². The van der Waals surface area contributed by atoms with Gasteiger partial charge in [0.2, 0.25) is 11.8 Å². The van der Waals surface area contributed by atoms with Crippen LogP contribution in [0.1, 0.15) is 35.6 Å².